The zero-order valence-corrected chi connectivity index (χ0v) is 12.0. The molecule has 0 aliphatic rings. The first-order chi connectivity index (χ1) is 10.5. The van der Waals surface area contributed by atoms with E-state index in [-0.39, 0.29) is 11.4 Å². The third-order valence-corrected chi connectivity index (χ3v) is 3.42. The molecule has 1 amide bonds. The zero-order valence-electron chi connectivity index (χ0n) is 12.0. The zero-order chi connectivity index (χ0) is 15.7. The predicted octanol–water partition coefficient (Wildman–Crippen LogP) is 2.95. The smallest absolute Gasteiger partial charge is 0.268 e. The number of hydrogen-bond donors (Lipinski definition) is 3. The summed E-state index contributed by atoms with van der Waals surface area (Å²) in [4.78, 5) is 18.8. The molecule has 0 saturated carbocycles. The van der Waals surface area contributed by atoms with Gasteiger partial charge in [0.05, 0.1) is 11.0 Å². The number of aromatic hydroxyl groups is 1. The number of phenolic OH excluding ortho intramolecular Hbond substituents is 1. The highest BCUT2D eigenvalue weighted by molar-refractivity contribution is 5.94. The molecule has 1 heterocycles. The van der Waals surface area contributed by atoms with Crippen molar-refractivity contribution in [2.45, 2.75) is 6.92 Å². The number of primary amides is 1. The first-order valence-corrected chi connectivity index (χ1v) is 6.80. The molecule has 3 rings (SSSR count). The molecular weight excluding hydrogens is 278 g/mol. The number of nitrogens with two attached hydrogens (primary N) is 1. The molecule has 0 unspecified atom stereocenters. The molecule has 0 aliphatic heterocycles. The number of aromatic nitrogens is 2. The molecule has 2 aromatic carbocycles. The van der Waals surface area contributed by atoms with Gasteiger partial charge in [0.25, 0.3) is 5.91 Å². The quantitative estimate of drug-likeness (QED) is 0.644. The number of rotatable bonds is 1. The fourth-order valence-corrected chi connectivity index (χ4v) is 2.30. The molecule has 0 atom stereocenters. The molecule has 4 N–H and O–H groups in total. The molecule has 0 bridgehead atoms. The van der Waals surface area contributed by atoms with Crippen molar-refractivity contribution in [3.8, 4) is 5.75 Å². The number of amides is 1. The number of fused-ring (bicyclic) bond motifs is 2. The van der Waals surface area contributed by atoms with Crippen molar-refractivity contribution in [1.82, 2.24) is 9.97 Å². The van der Waals surface area contributed by atoms with E-state index in [1.807, 2.05) is 37.3 Å². The summed E-state index contributed by atoms with van der Waals surface area (Å²) in [5.41, 5.74) is 7.66. The van der Waals surface area contributed by atoms with Gasteiger partial charge >= 0.3 is 0 Å². The molecule has 0 radical (unpaired) electrons. The SMILES string of the molecule is Cc1ccc2cc3cccc(O)c3[nH]cc(C(N)=O)nc2c1. The fourth-order valence-electron chi connectivity index (χ4n) is 2.30. The van der Waals surface area contributed by atoms with E-state index < -0.39 is 5.91 Å². The minimum Gasteiger partial charge on any atom is -0.506 e. The maximum atomic E-state index is 11.6. The summed E-state index contributed by atoms with van der Waals surface area (Å²) >= 11 is 0. The monoisotopic (exact) mass is 293 g/mol. The van der Waals surface area contributed by atoms with E-state index in [1.54, 1.807) is 12.1 Å². The molecule has 3 aromatic rings. The summed E-state index contributed by atoms with van der Waals surface area (Å²) in [5, 5.41) is 11.7. The van der Waals surface area contributed by atoms with Gasteiger partial charge in [-0.25, -0.2) is 4.98 Å². The number of carbonyl (C=O) groups is 1. The van der Waals surface area contributed by atoms with E-state index >= 15 is 0 Å². The second kappa shape index (κ2) is 5.37. The molecule has 1 aromatic heterocycles. The lowest BCUT2D eigenvalue weighted by molar-refractivity contribution is 0.0995. The van der Waals surface area contributed by atoms with Crippen LogP contribution in [0.25, 0.3) is 21.8 Å². The number of nitrogens with one attached hydrogen (secondary N) is 1. The van der Waals surface area contributed by atoms with E-state index in [1.165, 1.54) is 6.20 Å². The van der Waals surface area contributed by atoms with Crippen LogP contribution in [-0.2, 0) is 0 Å². The Bertz CT molecular complexity index is 943. The van der Waals surface area contributed by atoms with E-state index in [4.69, 9.17) is 5.73 Å². The normalized spacial score (nSPS) is 10.6. The van der Waals surface area contributed by atoms with Crippen LogP contribution in [0.4, 0.5) is 0 Å². The number of aryl methyl sites for hydroxylation is 1. The lowest BCUT2D eigenvalue weighted by Gasteiger charge is -1.98. The molecule has 0 aliphatic carbocycles. The van der Waals surface area contributed by atoms with Crippen molar-refractivity contribution in [3.63, 3.8) is 0 Å². The number of carbonyl (C=O) groups excluding carboxylic acids is 1. The van der Waals surface area contributed by atoms with Crippen molar-refractivity contribution in [1.29, 1.82) is 0 Å². The Hall–Kier alpha value is -3.08. The Kier molecular flexibility index (Phi) is 3.39. The summed E-state index contributed by atoms with van der Waals surface area (Å²) < 4.78 is 0. The molecule has 22 heavy (non-hydrogen) atoms. The number of hydrogen-bond acceptors (Lipinski definition) is 3. The van der Waals surface area contributed by atoms with Gasteiger partial charge in [-0.1, -0.05) is 24.3 Å². The number of para-hydroxylation sites is 1. The highest BCUT2D eigenvalue weighted by Gasteiger charge is 2.04. The van der Waals surface area contributed by atoms with Crippen molar-refractivity contribution < 1.29 is 9.90 Å². The Morgan fingerprint density at radius 1 is 1.18 bits per heavy atom. The van der Waals surface area contributed by atoms with E-state index in [9.17, 15) is 9.90 Å². The van der Waals surface area contributed by atoms with Crippen molar-refractivity contribution in [2.75, 3.05) is 0 Å². The Balaban J connectivity index is 2.56. The van der Waals surface area contributed by atoms with Crippen LogP contribution in [0.2, 0.25) is 0 Å². The topological polar surface area (TPSA) is 92.0 Å². The van der Waals surface area contributed by atoms with Gasteiger partial charge in [0.1, 0.15) is 11.4 Å². The number of H-pyrrole nitrogens is 1. The third kappa shape index (κ3) is 2.56. The van der Waals surface area contributed by atoms with Crippen LogP contribution in [0.5, 0.6) is 5.75 Å². The highest BCUT2D eigenvalue weighted by atomic mass is 16.3. The summed E-state index contributed by atoms with van der Waals surface area (Å²) in [5.74, 6) is -0.553. The van der Waals surface area contributed by atoms with Crippen LogP contribution in [-0.4, -0.2) is 21.0 Å². The first-order valence-electron chi connectivity index (χ1n) is 6.80. The number of benzene rings is 2. The Morgan fingerprint density at radius 3 is 2.77 bits per heavy atom. The summed E-state index contributed by atoms with van der Waals surface area (Å²) in [7, 11) is 0. The van der Waals surface area contributed by atoms with Gasteiger partial charge in [0.2, 0.25) is 0 Å². The van der Waals surface area contributed by atoms with Crippen LogP contribution >= 0.6 is 0 Å². The Morgan fingerprint density at radius 2 is 2.00 bits per heavy atom. The molecule has 5 nitrogen and oxygen atoms in total. The molecule has 0 spiro atoms. The summed E-state index contributed by atoms with van der Waals surface area (Å²) in [6.07, 6.45) is 1.41. The second-order valence-corrected chi connectivity index (χ2v) is 5.10. The van der Waals surface area contributed by atoms with Gasteiger partial charge in [-0.3, -0.25) is 4.79 Å². The molecule has 110 valence electrons. The van der Waals surface area contributed by atoms with E-state index in [2.05, 4.69) is 9.97 Å². The van der Waals surface area contributed by atoms with Crippen LogP contribution in [0.1, 0.15) is 16.1 Å². The molecule has 5 heteroatoms. The van der Waals surface area contributed by atoms with Gasteiger partial charge in [0, 0.05) is 17.0 Å². The van der Waals surface area contributed by atoms with Gasteiger partial charge in [-0.15, -0.1) is 0 Å². The maximum absolute atomic E-state index is 11.6. The lowest BCUT2D eigenvalue weighted by atomic mass is 10.1. The van der Waals surface area contributed by atoms with Gasteiger partial charge in [-0.05, 0) is 30.7 Å². The Labute approximate surface area is 126 Å². The third-order valence-electron chi connectivity index (χ3n) is 3.42. The lowest BCUT2D eigenvalue weighted by Crippen LogP contribution is -2.12. The van der Waals surface area contributed by atoms with E-state index in [0.717, 1.165) is 16.3 Å². The van der Waals surface area contributed by atoms with Crippen molar-refractivity contribution in [3.05, 3.63) is 59.9 Å². The minimum absolute atomic E-state index is 0.0874. The van der Waals surface area contributed by atoms with Crippen LogP contribution < -0.4 is 5.73 Å². The first kappa shape index (κ1) is 13.9. The van der Waals surface area contributed by atoms with Crippen molar-refractivity contribution >= 4 is 27.7 Å². The summed E-state index contributed by atoms with van der Waals surface area (Å²) in [6, 6.07) is 12.9. The highest BCUT2D eigenvalue weighted by Crippen LogP contribution is 2.23. The van der Waals surface area contributed by atoms with Crippen LogP contribution in [0.15, 0.2) is 48.7 Å². The second-order valence-electron chi connectivity index (χ2n) is 5.10. The fraction of sp³-hybridized carbons (Fsp3) is 0.0588. The molecule has 0 saturated heterocycles. The number of phenols is 1. The van der Waals surface area contributed by atoms with Gasteiger partial charge in [0.15, 0.2) is 0 Å². The predicted molar refractivity (Wildman–Crippen MR) is 86.1 cm³/mol. The molecular formula is C17H15N3O2. The average Bonchev–Trinajstić information content (AvgIpc) is 2.54. The number of nitrogens with zero attached hydrogens (tertiary/aromatic N) is 1. The standard InChI is InChI=1S/C17H15N3O2/c1-10-5-6-11-8-12-3-2-4-15(21)16(12)19-9-14(17(18)22)20-13(11)7-10/h2-9,19,21H,1H3,(H2,18,22). The number of aromatic amines is 1. The largest absolute Gasteiger partial charge is 0.506 e. The van der Waals surface area contributed by atoms with Crippen LogP contribution in [0, 0.1) is 6.92 Å². The minimum atomic E-state index is -0.640. The summed E-state index contributed by atoms with van der Waals surface area (Å²) in [6.45, 7) is 1.95. The van der Waals surface area contributed by atoms with Gasteiger partial charge in [-0.2, -0.15) is 0 Å². The van der Waals surface area contributed by atoms with E-state index in [0.29, 0.717) is 11.0 Å². The average molecular weight is 293 g/mol. The van der Waals surface area contributed by atoms with Crippen molar-refractivity contribution in [2.24, 2.45) is 5.73 Å². The van der Waals surface area contributed by atoms with Crippen LogP contribution in [0.3, 0.4) is 0 Å². The van der Waals surface area contributed by atoms with Gasteiger partial charge < -0.3 is 15.8 Å². The maximum Gasteiger partial charge on any atom is 0.268 e. The molecule has 0 fully saturated rings.